The van der Waals surface area contributed by atoms with Crippen LogP contribution in [0.15, 0.2) is 52.1 Å². The van der Waals surface area contributed by atoms with Crippen LogP contribution in [0.4, 0.5) is 5.69 Å². The molecule has 0 aromatic heterocycles. The lowest BCUT2D eigenvalue weighted by Crippen LogP contribution is -2.20. The summed E-state index contributed by atoms with van der Waals surface area (Å²) in [5.74, 6) is -0.486. The molecule has 116 valence electrons. The van der Waals surface area contributed by atoms with Gasteiger partial charge in [-0.2, -0.15) is 0 Å². The fourth-order valence-corrected chi connectivity index (χ4v) is 3.74. The van der Waals surface area contributed by atoms with Gasteiger partial charge in [0.15, 0.2) is 0 Å². The number of aryl methyl sites for hydroxylation is 1. The van der Waals surface area contributed by atoms with E-state index in [4.69, 9.17) is 16.3 Å². The fraction of sp³-hybridized carbons (Fsp3) is 0.167. The molecule has 1 atom stereocenters. The van der Waals surface area contributed by atoms with E-state index in [9.17, 15) is 4.79 Å². The van der Waals surface area contributed by atoms with Gasteiger partial charge in [-0.25, -0.2) is 4.79 Å². The van der Waals surface area contributed by atoms with E-state index in [-0.39, 0.29) is 18.5 Å². The van der Waals surface area contributed by atoms with E-state index < -0.39 is 0 Å². The van der Waals surface area contributed by atoms with Gasteiger partial charge in [0, 0.05) is 26.7 Å². The predicted octanol–water partition coefficient (Wildman–Crippen LogP) is 4.78. The smallest absolute Gasteiger partial charge is 0.337 e. The Morgan fingerprint density at radius 1 is 1.22 bits per heavy atom. The number of benzene rings is 2. The Bertz CT molecular complexity index is 858. The number of carbonyl (C=O) groups is 1. The zero-order valence-electron chi connectivity index (χ0n) is 12.3. The van der Waals surface area contributed by atoms with E-state index in [1.807, 2.05) is 43.3 Å². The second-order valence-corrected chi connectivity index (χ2v) is 7.03. The van der Waals surface area contributed by atoms with Gasteiger partial charge >= 0.3 is 5.97 Å². The average molecular weight is 391 g/mol. The van der Waals surface area contributed by atoms with Crippen LogP contribution in [-0.4, -0.2) is 12.6 Å². The van der Waals surface area contributed by atoms with Crippen molar-refractivity contribution in [2.45, 2.75) is 12.8 Å². The van der Waals surface area contributed by atoms with Gasteiger partial charge in [-0.15, -0.1) is 0 Å². The van der Waals surface area contributed by atoms with Crippen LogP contribution in [0.5, 0.6) is 0 Å². The van der Waals surface area contributed by atoms with Crippen LogP contribution >= 0.6 is 27.5 Å². The molecule has 0 saturated heterocycles. The number of nitrogens with one attached hydrogen (secondary N) is 1. The van der Waals surface area contributed by atoms with E-state index >= 15 is 0 Å². The lowest BCUT2D eigenvalue weighted by atomic mass is 9.80. The molecule has 4 rings (SSSR count). The van der Waals surface area contributed by atoms with Crippen LogP contribution < -0.4 is 5.32 Å². The molecule has 23 heavy (non-hydrogen) atoms. The highest BCUT2D eigenvalue weighted by Gasteiger charge is 2.39. The van der Waals surface area contributed by atoms with Crippen LogP contribution in [0, 0.1) is 6.92 Å². The van der Waals surface area contributed by atoms with Crippen LogP contribution in [0.1, 0.15) is 22.6 Å². The van der Waals surface area contributed by atoms with Gasteiger partial charge in [-0.1, -0.05) is 45.7 Å². The van der Waals surface area contributed by atoms with Gasteiger partial charge in [-0.3, -0.25) is 0 Å². The summed E-state index contributed by atoms with van der Waals surface area (Å²) < 4.78 is 6.24. The van der Waals surface area contributed by atoms with Crippen molar-refractivity contribution in [1.29, 1.82) is 0 Å². The van der Waals surface area contributed by atoms with Crippen LogP contribution in [0.2, 0.25) is 5.02 Å². The number of cyclic esters (lactones) is 1. The summed E-state index contributed by atoms with van der Waals surface area (Å²) in [6.07, 6.45) is 0. The largest absolute Gasteiger partial charge is 0.456 e. The molecule has 0 radical (unpaired) electrons. The van der Waals surface area contributed by atoms with E-state index in [1.54, 1.807) is 0 Å². The molecule has 1 unspecified atom stereocenters. The third-order valence-electron chi connectivity index (χ3n) is 4.33. The van der Waals surface area contributed by atoms with Crippen molar-refractivity contribution in [3.63, 3.8) is 0 Å². The highest BCUT2D eigenvalue weighted by molar-refractivity contribution is 9.10. The zero-order chi connectivity index (χ0) is 16.1. The monoisotopic (exact) mass is 389 g/mol. The number of anilines is 1. The second-order valence-electron chi connectivity index (χ2n) is 5.74. The Kier molecular flexibility index (Phi) is 3.47. The number of ether oxygens (including phenoxy) is 1. The average Bonchev–Trinajstić information content (AvgIpc) is 2.91. The molecule has 1 N–H and O–H groups in total. The summed E-state index contributed by atoms with van der Waals surface area (Å²) in [4.78, 5) is 12.3. The molecule has 5 heteroatoms. The standard InChI is InChI=1S/C18H13BrClNO2/c1-9-2-7-12-15(17(9)20)14(10-3-5-11(19)6-4-10)16-13(21-12)8-23-18(16)22/h2-7,14,21H,8H2,1H3. The quantitative estimate of drug-likeness (QED) is 0.712. The predicted molar refractivity (Wildman–Crippen MR) is 93.8 cm³/mol. The number of rotatable bonds is 1. The maximum atomic E-state index is 12.3. The third-order valence-corrected chi connectivity index (χ3v) is 5.36. The summed E-state index contributed by atoms with van der Waals surface area (Å²) >= 11 is 10.1. The van der Waals surface area contributed by atoms with Crippen molar-refractivity contribution in [2.75, 3.05) is 11.9 Å². The fourth-order valence-electron chi connectivity index (χ4n) is 3.20. The number of esters is 1. The molecule has 2 aromatic carbocycles. The maximum absolute atomic E-state index is 12.3. The molecule has 0 bridgehead atoms. The molecule has 0 saturated carbocycles. The third kappa shape index (κ3) is 2.28. The minimum absolute atomic E-state index is 0.211. The summed E-state index contributed by atoms with van der Waals surface area (Å²) in [5.41, 5.74) is 5.37. The van der Waals surface area contributed by atoms with E-state index in [1.165, 1.54) is 0 Å². The minimum Gasteiger partial charge on any atom is -0.456 e. The Morgan fingerprint density at radius 2 is 1.96 bits per heavy atom. The molecular formula is C18H13BrClNO2. The van der Waals surface area contributed by atoms with Gasteiger partial charge in [0.05, 0.1) is 11.3 Å². The van der Waals surface area contributed by atoms with Crippen LogP contribution in [0.3, 0.4) is 0 Å². The van der Waals surface area contributed by atoms with Crippen molar-refractivity contribution in [1.82, 2.24) is 0 Å². The first-order valence-corrected chi connectivity index (χ1v) is 8.45. The SMILES string of the molecule is Cc1ccc2c(c1Cl)C(c1ccc(Br)cc1)C1=C(COC1=O)N2. The van der Waals surface area contributed by atoms with E-state index in [0.717, 1.165) is 32.5 Å². The summed E-state index contributed by atoms with van der Waals surface area (Å²) in [5, 5.41) is 4.00. The topological polar surface area (TPSA) is 38.3 Å². The maximum Gasteiger partial charge on any atom is 0.337 e. The lowest BCUT2D eigenvalue weighted by molar-refractivity contribution is -0.136. The number of halogens is 2. The normalized spacial score (nSPS) is 19.1. The van der Waals surface area contributed by atoms with Gasteiger partial charge in [0.2, 0.25) is 0 Å². The summed E-state index contributed by atoms with van der Waals surface area (Å²) in [6.45, 7) is 2.25. The molecule has 0 aliphatic carbocycles. The van der Waals surface area contributed by atoms with Crippen molar-refractivity contribution in [2.24, 2.45) is 0 Å². The number of carbonyl (C=O) groups excluding carboxylic acids is 1. The van der Waals surface area contributed by atoms with Crippen molar-refractivity contribution < 1.29 is 9.53 Å². The Labute approximate surface area is 147 Å². The molecule has 0 spiro atoms. The van der Waals surface area contributed by atoms with Crippen molar-refractivity contribution in [3.8, 4) is 0 Å². The van der Waals surface area contributed by atoms with E-state index in [0.29, 0.717) is 10.6 Å². The molecule has 2 heterocycles. The van der Waals surface area contributed by atoms with E-state index in [2.05, 4.69) is 21.2 Å². The van der Waals surface area contributed by atoms with Gasteiger partial charge in [0.1, 0.15) is 6.61 Å². The zero-order valence-corrected chi connectivity index (χ0v) is 14.7. The highest BCUT2D eigenvalue weighted by atomic mass is 79.9. The first-order chi connectivity index (χ1) is 11.1. The number of fused-ring (bicyclic) bond motifs is 1. The van der Waals surface area contributed by atoms with Crippen molar-refractivity contribution >= 4 is 39.2 Å². The summed E-state index contributed by atoms with van der Waals surface area (Å²) in [6, 6.07) is 12.0. The first-order valence-electron chi connectivity index (χ1n) is 7.28. The number of hydrogen-bond acceptors (Lipinski definition) is 3. The minimum atomic E-state index is -0.274. The van der Waals surface area contributed by atoms with Crippen molar-refractivity contribution in [3.05, 3.63) is 73.9 Å². The van der Waals surface area contributed by atoms with Gasteiger partial charge in [-0.05, 0) is 36.2 Å². The molecule has 3 nitrogen and oxygen atoms in total. The molecular weight excluding hydrogens is 378 g/mol. The Morgan fingerprint density at radius 3 is 2.70 bits per heavy atom. The molecule has 0 amide bonds. The number of hydrogen-bond donors (Lipinski definition) is 1. The van der Waals surface area contributed by atoms with Gasteiger partial charge < -0.3 is 10.1 Å². The van der Waals surface area contributed by atoms with Gasteiger partial charge in [0.25, 0.3) is 0 Å². The lowest BCUT2D eigenvalue weighted by Gasteiger charge is -2.28. The molecule has 0 fully saturated rings. The molecule has 2 aromatic rings. The second kappa shape index (κ2) is 5.39. The highest BCUT2D eigenvalue weighted by Crippen LogP contribution is 2.47. The molecule has 2 aliphatic rings. The van der Waals surface area contributed by atoms with Crippen LogP contribution in [0.25, 0.3) is 0 Å². The first kappa shape index (κ1) is 14.8. The van der Waals surface area contributed by atoms with Crippen LogP contribution in [-0.2, 0) is 9.53 Å². The summed E-state index contributed by atoms with van der Waals surface area (Å²) in [7, 11) is 0. The Hall–Kier alpha value is -1.78. The Balaban J connectivity index is 1.98. The molecule has 2 aliphatic heterocycles.